The summed E-state index contributed by atoms with van der Waals surface area (Å²) in [6.07, 6.45) is 2.96. The normalized spacial score (nSPS) is 17.9. The van der Waals surface area contributed by atoms with Crippen LogP contribution in [0.4, 0.5) is 0 Å². The lowest BCUT2D eigenvalue weighted by atomic mass is 9.98. The lowest BCUT2D eigenvalue weighted by Crippen LogP contribution is -2.42. The first kappa shape index (κ1) is 16.8. The van der Waals surface area contributed by atoms with Crippen LogP contribution in [0.15, 0.2) is 22.3 Å². The van der Waals surface area contributed by atoms with Gasteiger partial charge in [-0.1, -0.05) is 6.92 Å². The molecule has 3 heterocycles. The van der Waals surface area contributed by atoms with E-state index in [4.69, 9.17) is 0 Å². The molecule has 3 rings (SSSR count). The van der Waals surface area contributed by atoms with Gasteiger partial charge in [-0.2, -0.15) is 5.10 Å². The molecular formula is C17H22N4O2S. The number of hydrogen-bond acceptors (Lipinski definition) is 5. The number of nitrogens with zero attached hydrogens (tertiary/aromatic N) is 4. The van der Waals surface area contributed by atoms with Gasteiger partial charge in [0.1, 0.15) is 6.54 Å². The van der Waals surface area contributed by atoms with E-state index in [9.17, 15) is 9.59 Å². The molecule has 0 saturated carbocycles. The topological polar surface area (TPSA) is 68.1 Å². The summed E-state index contributed by atoms with van der Waals surface area (Å²) >= 11 is 1.69. The molecule has 1 atom stereocenters. The summed E-state index contributed by atoms with van der Waals surface area (Å²) in [6, 6.07) is 3.12. The van der Waals surface area contributed by atoms with Crippen molar-refractivity contribution in [2.45, 2.75) is 45.6 Å². The van der Waals surface area contributed by atoms with Crippen molar-refractivity contribution in [1.29, 1.82) is 0 Å². The third-order valence-electron chi connectivity index (χ3n) is 4.34. The number of aromatic nitrogens is 3. The average molecular weight is 346 g/mol. The lowest BCUT2D eigenvalue weighted by molar-refractivity contribution is -0.133. The van der Waals surface area contributed by atoms with Crippen molar-refractivity contribution in [3.05, 3.63) is 44.3 Å². The molecule has 2 aromatic heterocycles. The standard InChI is InChI=1S/C17H22N4O2S/c1-3-14-11-24-17(18-14)13-5-4-8-20(9-13)16(23)10-21-15(22)7-6-12(2)19-21/h6-7,11,13H,3-5,8-10H2,1-2H3/t13-/m0/s1. The first-order chi connectivity index (χ1) is 11.6. The maximum Gasteiger partial charge on any atom is 0.267 e. The molecular weight excluding hydrogens is 324 g/mol. The van der Waals surface area contributed by atoms with Gasteiger partial charge in [0, 0.05) is 30.5 Å². The molecule has 0 aliphatic carbocycles. The Morgan fingerprint density at radius 2 is 2.25 bits per heavy atom. The van der Waals surface area contributed by atoms with Crippen LogP contribution in [0.25, 0.3) is 0 Å². The zero-order valence-electron chi connectivity index (χ0n) is 14.1. The zero-order valence-corrected chi connectivity index (χ0v) is 14.9. The second-order valence-corrected chi connectivity index (χ2v) is 7.07. The van der Waals surface area contributed by atoms with E-state index in [1.807, 2.05) is 11.8 Å². The Morgan fingerprint density at radius 3 is 3.00 bits per heavy atom. The number of thiazole rings is 1. The molecule has 2 aromatic rings. The molecule has 1 fully saturated rings. The van der Waals surface area contributed by atoms with Gasteiger partial charge in [0.15, 0.2) is 0 Å². The van der Waals surface area contributed by atoms with Gasteiger partial charge in [-0.15, -0.1) is 11.3 Å². The van der Waals surface area contributed by atoms with Crippen molar-refractivity contribution in [3.63, 3.8) is 0 Å². The van der Waals surface area contributed by atoms with Crippen LogP contribution in [0.2, 0.25) is 0 Å². The molecule has 0 aromatic carbocycles. The van der Waals surface area contributed by atoms with Crippen LogP contribution in [-0.2, 0) is 17.8 Å². The van der Waals surface area contributed by atoms with Gasteiger partial charge in [0.25, 0.3) is 5.56 Å². The van der Waals surface area contributed by atoms with Crippen molar-refractivity contribution in [1.82, 2.24) is 19.7 Å². The predicted octanol–water partition coefficient (Wildman–Crippen LogP) is 1.98. The molecule has 0 spiro atoms. The van der Waals surface area contributed by atoms with E-state index in [1.54, 1.807) is 17.4 Å². The van der Waals surface area contributed by atoms with Gasteiger partial charge in [-0.3, -0.25) is 9.59 Å². The minimum atomic E-state index is -0.241. The summed E-state index contributed by atoms with van der Waals surface area (Å²) in [7, 11) is 0. The summed E-state index contributed by atoms with van der Waals surface area (Å²) in [5, 5.41) is 7.37. The van der Waals surface area contributed by atoms with Crippen LogP contribution in [0.5, 0.6) is 0 Å². The molecule has 0 N–H and O–H groups in total. The third-order valence-corrected chi connectivity index (χ3v) is 5.40. The van der Waals surface area contributed by atoms with Crippen LogP contribution in [-0.4, -0.2) is 38.7 Å². The highest BCUT2D eigenvalue weighted by Crippen LogP contribution is 2.29. The number of piperidine rings is 1. The lowest BCUT2D eigenvalue weighted by Gasteiger charge is -2.31. The molecule has 1 aliphatic rings. The van der Waals surface area contributed by atoms with Gasteiger partial charge in [0.2, 0.25) is 5.91 Å². The number of amides is 1. The zero-order chi connectivity index (χ0) is 17.1. The minimum Gasteiger partial charge on any atom is -0.340 e. The van der Waals surface area contributed by atoms with Gasteiger partial charge in [-0.25, -0.2) is 9.67 Å². The second kappa shape index (κ2) is 7.25. The van der Waals surface area contributed by atoms with E-state index >= 15 is 0 Å². The van der Waals surface area contributed by atoms with Crippen molar-refractivity contribution in [2.24, 2.45) is 0 Å². The molecule has 1 amide bonds. The molecule has 1 saturated heterocycles. The van der Waals surface area contributed by atoms with Crippen LogP contribution in [0.1, 0.15) is 42.1 Å². The SMILES string of the molecule is CCc1csc([C@H]2CCCN(C(=O)Cn3nc(C)ccc3=O)C2)n1. The van der Waals surface area contributed by atoms with Crippen molar-refractivity contribution < 1.29 is 4.79 Å². The number of carbonyl (C=O) groups excluding carboxylic acids is 1. The maximum atomic E-state index is 12.6. The van der Waals surface area contributed by atoms with Gasteiger partial charge in [0.05, 0.1) is 16.4 Å². The van der Waals surface area contributed by atoms with Crippen molar-refractivity contribution in [3.8, 4) is 0 Å². The second-order valence-electron chi connectivity index (χ2n) is 6.18. The van der Waals surface area contributed by atoms with E-state index in [1.165, 1.54) is 10.7 Å². The molecule has 7 heteroatoms. The van der Waals surface area contributed by atoms with Gasteiger partial charge >= 0.3 is 0 Å². The molecule has 0 bridgehead atoms. The summed E-state index contributed by atoms with van der Waals surface area (Å²) in [4.78, 5) is 30.9. The van der Waals surface area contributed by atoms with Crippen LogP contribution in [0, 0.1) is 6.92 Å². The fourth-order valence-electron chi connectivity index (χ4n) is 2.97. The van der Waals surface area contributed by atoms with Crippen LogP contribution in [0.3, 0.4) is 0 Å². The van der Waals surface area contributed by atoms with Crippen molar-refractivity contribution >= 4 is 17.2 Å². The number of rotatable bonds is 4. The number of aryl methyl sites for hydroxylation is 2. The Hall–Kier alpha value is -2.02. The molecule has 6 nitrogen and oxygen atoms in total. The first-order valence-electron chi connectivity index (χ1n) is 8.33. The molecule has 128 valence electrons. The summed E-state index contributed by atoms with van der Waals surface area (Å²) in [6.45, 7) is 5.33. The Kier molecular flexibility index (Phi) is 5.08. The van der Waals surface area contributed by atoms with E-state index in [-0.39, 0.29) is 18.0 Å². The maximum absolute atomic E-state index is 12.6. The van der Waals surface area contributed by atoms with E-state index in [0.29, 0.717) is 12.5 Å². The Morgan fingerprint density at radius 1 is 1.42 bits per heavy atom. The van der Waals surface area contributed by atoms with E-state index in [2.05, 4.69) is 22.4 Å². The summed E-state index contributed by atoms with van der Waals surface area (Å²) in [5.41, 5.74) is 1.61. The smallest absolute Gasteiger partial charge is 0.267 e. The highest BCUT2D eigenvalue weighted by molar-refractivity contribution is 7.09. The quantitative estimate of drug-likeness (QED) is 0.849. The van der Waals surface area contributed by atoms with E-state index in [0.717, 1.165) is 42.2 Å². The third kappa shape index (κ3) is 3.72. The predicted molar refractivity (Wildman–Crippen MR) is 93.3 cm³/mol. The number of likely N-dealkylation sites (tertiary alicyclic amines) is 1. The Balaban J connectivity index is 1.68. The average Bonchev–Trinajstić information content (AvgIpc) is 3.07. The number of carbonyl (C=O) groups is 1. The fraction of sp³-hybridized carbons (Fsp3) is 0.529. The fourth-order valence-corrected chi connectivity index (χ4v) is 4.00. The molecule has 1 aliphatic heterocycles. The summed E-state index contributed by atoms with van der Waals surface area (Å²) in [5.74, 6) is 0.252. The van der Waals surface area contributed by atoms with Crippen molar-refractivity contribution in [2.75, 3.05) is 13.1 Å². The summed E-state index contributed by atoms with van der Waals surface area (Å²) < 4.78 is 1.25. The molecule has 24 heavy (non-hydrogen) atoms. The van der Waals surface area contributed by atoms with Gasteiger partial charge < -0.3 is 4.90 Å². The number of hydrogen-bond donors (Lipinski definition) is 0. The van der Waals surface area contributed by atoms with Crippen LogP contribution >= 0.6 is 11.3 Å². The monoisotopic (exact) mass is 346 g/mol. The first-order valence-corrected chi connectivity index (χ1v) is 9.21. The van der Waals surface area contributed by atoms with Gasteiger partial charge in [-0.05, 0) is 32.3 Å². The Labute approximate surface area is 145 Å². The largest absolute Gasteiger partial charge is 0.340 e. The van der Waals surface area contributed by atoms with E-state index < -0.39 is 0 Å². The minimum absolute atomic E-state index is 0.00527. The highest BCUT2D eigenvalue weighted by atomic mass is 32.1. The highest BCUT2D eigenvalue weighted by Gasteiger charge is 2.27. The molecule has 0 radical (unpaired) electrons. The Bertz CT molecular complexity index is 783. The molecule has 0 unspecified atom stereocenters. The van der Waals surface area contributed by atoms with Crippen LogP contribution < -0.4 is 5.56 Å².